The van der Waals surface area contributed by atoms with Crippen LogP contribution in [0.4, 0.5) is 4.39 Å². The number of hydrogen-bond donors (Lipinski definition) is 1. The van der Waals surface area contributed by atoms with E-state index in [2.05, 4.69) is 18.9 Å². The summed E-state index contributed by atoms with van der Waals surface area (Å²) in [6, 6.07) is 5.65. The first-order chi connectivity index (χ1) is 9.08. The van der Waals surface area contributed by atoms with Gasteiger partial charge in [0.15, 0.2) is 11.6 Å². The van der Waals surface area contributed by atoms with Gasteiger partial charge in [-0.05, 0) is 58.0 Å². The smallest absolute Gasteiger partial charge is 0.165 e. The molecule has 19 heavy (non-hydrogen) atoms. The van der Waals surface area contributed by atoms with Gasteiger partial charge >= 0.3 is 0 Å². The quantitative estimate of drug-likeness (QED) is 0.787. The molecule has 1 unspecified atom stereocenters. The molecule has 0 fully saturated rings. The lowest BCUT2D eigenvalue weighted by atomic mass is 10.1. The van der Waals surface area contributed by atoms with Gasteiger partial charge in [-0.1, -0.05) is 6.07 Å². The highest BCUT2D eigenvalue weighted by Crippen LogP contribution is 2.18. The molecule has 0 radical (unpaired) electrons. The van der Waals surface area contributed by atoms with E-state index in [1.165, 1.54) is 0 Å². The molecule has 4 heteroatoms. The zero-order chi connectivity index (χ0) is 14.3. The molecule has 0 heterocycles. The summed E-state index contributed by atoms with van der Waals surface area (Å²) in [5.41, 5.74) is 6.54. The number of nitrogens with two attached hydrogens (primary N) is 1. The SMILES string of the molecule is CCOc1ccc(CCN(C)C(C)CCN)cc1F. The summed E-state index contributed by atoms with van der Waals surface area (Å²) < 4.78 is 18.9. The van der Waals surface area contributed by atoms with Crippen molar-refractivity contribution in [2.75, 3.05) is 26.7 Å². The monoisotopic (exact) mass is 268 g/mol. The first-order valence-corrected chi connectivity index (χ1v) is 6.90. The Kier molecular flexibility index (Phi) is 6.81. The van der Waals surface area contributed by atoms with Gasteiger partial charge in [0.1, 0.15) is 0 Å². The van der Waals surface area contributed by atoms with Gasteiger partial charge in [-0.3, -0.25) is 0 Å². The van der Waals surface area contributed by atoms with E-state index >= 15 is 0 Å². The molecule has 0 aliphatic heterocycles. The van der Waals surface area contributed by atoms with E-state index in [0.717, 1.165) is 24.9 Å². The second kappa shape index (κ2) is 8.12. The Morgan fingerprint density at radius 3 is 2.74 bits per heavy atom. The van der Waals surface area contributed by atoms with Crippen molar-refractivity contribution in [3.63, 3.8) is 0 Å². The van der Waals surface area contributed by atoms with E-state index in [-0.39, 0.29) is 5.82 Å². The highest BCUT2D eigenvalue weighted by atomic mass is 19.1. The minimum Gasteiger partial charge on any atom is -0.491 e. The number of nitrogens with zero attached hydrogens (tertiary/aromatic N) is 1. The highest BCUT2D eigenvalue weighted by molar-refractivity contribution is 5.29. The van der Waals surface area contributed by atoms with Crippen molar-refractivity contribution in [1.29, 1.82) is 0 Å². The van der Waals surface area contributed by atoms with E-state index in [4.69, 9.17) is 10.5 Å². The Morgan fingerprint density at radius 2 is 2.16 bits per heavy atom. The lowest BCUT2D eigenvalue weighted by molar-refractivity contribution is 0.251. The second-order valence-electron chi connectivity index (χ2n) is 4.85. The first-order valence-electron chi connectivity index (χ1n) is 6.90. The molecule has 0 aliphatic rings. The molecule has 108 valence electrons. The first kappa shape index (κ1) is 15.9. The molecule has 0 bridgehead atoms. The molecular formula is C15H25FN2O. The third-order valence-electron chi connectivity index (χ3n) is 3.39. The fraction of sp³-hybridized carbons (Fsp3) is 0.600. The van der Waals surface area contributed by atoms with Crippen LogP contribution in [0.5, 0.6) is 5.75 Å². The third kappa shape index (κ3) is 5.17. The van der Waals surface area contributed by atoms with Crippen molar-refractivity contribution >= 4 is 0 Å². The van der Waals surface area contributed by atoms with Gasteiger partial charge in [0.05, 0.1) is 6.61 Å². The van der Waals surface area contributed by atoms with Gasteiger partial charge in [0, 0.05) is 12.6 Å². The molecule has 1 aromatic rings. The third-order valence-corrected chi connectivity index (χ3v) is 3.39. The zero-order valence-corrected chi connectivity index (χ0v) is 12.2. The van der Waals surface area contributed by atoms with Crippen LogP contribution >= 0.6 is 0 Å². The summed E-state index contributed by atoms with van der Waals surface area (Å²) in [7, 11) is 2.07. The molecule has 1 atom stereocenters. The summed E-state index contributed by atoms with van der Waals surface area (Å²) in [5.74, 6) is 0.0492. The standard InChI is InChI=1S/C15H25FN2O/c1-4-19-15-6-5-13(11-14(15)16)8-10-18(3)12(2)7-9-17/h5-6,11-12H,4,7-10,17H2,1-3H3. The number of benzene rings is 1. The maximum Gasteiger partial charge on any atom is 0.165 e. The molecule has 2 N–H and O–H groups in total. The predicted molar refractivity (Wildman–Crippen MR) is 77.0 cm³/mol. The fourth-order valence-corrected chi connectivity index (χ4v) is 1.96. The van der Waals surface area contributed by atoms with Crippen molar-refractivity contribution < 1.29 is 9.13 Å². The van der Waals surface area contributed by atoms with E-state index in [0.29, 0.717) is 24.9 Å². The molecule has 1 aromatic carbocycles. The lowest BCUT2D eigenvalue weighted by Gasteiger charge is -2.24. The summed E-state index contributed by atoms with van der Waals surface area (Å²) >= 11 is 0. The van der Waals surface area contributed by atoms with Crippen LogP contribution in [0.2, 0.25) is 0 Å². The van der Waals surface area contributed by atoms with Crippen LogP contribution in [-0.4, -0.2) is 37.7 Å². The molecule has 0 saturated carbocycles. The Bertz CT molecular complexity index is 384. The second-order valence-corrected chi connectivity index (χ2v) is 4.85. The van der Waals surface area contributed by atoms with Crippen LogP contribution in [0, 0.1) is 5.82 Å². The molecule has 0 aliphatic carbocycles. The maximum atomic E-state index is 13.7. The van der Waals surface area contributed by atoms with Gasteiger partial charge < -0.3 is 15.4 Å². The minimum absolute atomic E-state index is 0.281. The number of halogens is 1. The highest BCUT2D eigenvalue weighted by Gasteiger charge is 2.09. The minimum atomic E-state index is -0.281. The van der Waals surface area contributed by atoms with Crippen LogP contribution in [0.1, 0.15) is 25.8 Å². The zero-order valence-electron chi connectivity index (χ0n) is 12.2. The maximum absolute atomic E-state index is 13.7. The van der Waals surface area contributed by atoms with Crippen LogP contribution in [0.15, 0.2) is 18.2 Å². The van der Waals surface area contributed by atoms with Gasteiger partial charge in [-0.15, -0.1) is 0 Å². The number of hydrogen-bond acceptors (Lipinski definition) is 3. The molecule has 0 spiro atoms. The van der Waals surface area contributed by atoms with Gasteiger partial charge in [0.2, 0.25) is 0 Å². The Labute approximate surface area is 115 Å². The molecule has 0 saturated heterocycles. The summed E-state index contributed by atoms with van der Waals surface area (Å²) in [6.45, 7) is 6.08. The van der Waals surface area contributed by atoms with Crippen molar-refractivity contribution in [2.45, 2.75) is 32.7 Å². The molecule has 3 nitrogen and oxygen atoms in total. The van der Waals surface area contributed by atoms with Crippen molar-refractivity contribution in [3.8, 4) is 5.75 Å². The number of likely N-dealkylation sites (N-methyl/N-ethyl adjacent to an activating group) is 1. The van der Waals surface area contributed by atoms with E-state index in [1.807, 2.05) is 13.0 Å². The topological polar surface area (TPSA) is 38.5 Å². The van der Waals surface area contributed by atoms with Crippen LogP contribution in [0.25, 0.3) is 0 Å². The molecular weight excluding hydrogens is 243 g/mol. The average Bonchev–Trinajstić information content (AvgIpc) is 2.39. The lowest BCUT2D eigenvalue weighted by Crippen LogP contribution is -2.32. The Balaban J connectivity index is 2.51. The summed E-state index contributed by atoms with van der Waals surface area (Å²) in [5, 5.41) is 0. The summed E-state index contributed by atoms with van der Waals surface area (Å²) in [4.78, 5) is 2.25. The number of ether oxygens (including phenoxy) is 1. The largest absolute Gasteiger partial charge is 0.491 e. The van der Waals surface area contributed by atoms with Crippen LogP contribution in [-0.2, 0) is 6.42 Å². The van der Waals surface area contributed by atoms with Crippen molar-refractivity contribution in [2.24, 2.45) is 5.73 Å². The Morgan fingerprint density at radius 1 is 1.42 bits per heavy atom. The van der Waals surface area contributed by atoms with Gasteiger partial charge in [0.25, 0.3) is 0 Å². The van der Waals surface area contributed by atoms with Crippen LogP contribution < -0.4 is 10.5 Å². The predicted octanol–water partition coefficient (Wildman–Crippen LogP) is 2.44. The van der Waals surface area contributed by atoms with E-state index < -0.39 is 0 Å². The Hall–Kier alpha value is -1.13. The average molecular weight is 268 g/mol. The van der Waals surface area contributed by atoms with E-state index in [1.54, 1.807) is 12.1 Å². The van der Waals surface area contributed by atoms with Gasteiger partial charge in [-0.2, -0.15) is 0 Å². The molecule has 0 aromatic heterocycles. The normalized spacial score (nSPS) is 12.7. The fourth-order valence-electron chi connectivity index (χ4n) is 1.96. The summed E-state index contributed by atoms with van der Waals surface area (Å²) in [6.07, 6.45) is 1.81. The van der Waals surface area contributed by atoms with Crippen LogP contribution in [0.3, 0.4) is 0 Å². The van der Waals surface area contributed by atoms with Crippen molar-refractivity contribution in [1.82, 2.24) is 4.90 Å². The van der Waals surface area contributed by atoms with Gasteiger partial charge in [-0.25, -0.2) is 4.39 Å². The molecule has 0 amide bonds. The van der Waals surface area contributed by atoms with E-state index in [9.17, 15) is 4.39 Å². The molecule has 1 rings (SSSR count). The number of rotatable bonds is 8. The van der Waals surface area contributed by atoms with Crippen molar-refractivity contribution in [3.05, 3.63) is 29.6 Å².